The Morgan fingerprint density at radius 1 is 0.786 bits per heavy atom. The second-order valence-electron chi connectivity index (χ2n) is 16.0. The molecule has 3 aromatic rings. The van der Waals surface area contributed by atoms with Crippen LogP contribution in [0, 0.1) is 0 Å². The lowest BCUT2D eigenvalue weighted by molar-refractivity contribution is -0.438. The summed E-state index contributed by atoms with van der Waals surface area (Å²) in [5.74, 6) is -0.648. The SMILES string of the molecule is CC1(C)C(/C=C/C2=C(c3ccc(C=O)cc3)C(=C/C=C3\N(CCCCS(=O)(=O)[O-])c4ccccc4C3(C)C)/CCC2)=[N+](CCCCS(=O)(=O)O)c2ccccc21. The summed E-state index contributed by atoms with van der Waals surface area (Å²) in [5.41, 5.74) is 11.2. The fraction of sp³-hybridized carbons (Fsp3) is 0.378. The molecule has 0 amide bonds. The minimum atomic E-state index is -4.28. The van der Waals surface area contributed by atoms with Crippen molar-refractivity contribution < 1.29 is 35.3 Å². The fourth-order valence-corrected chi connectivity index (χ4v) is 9.71. The Kier molecular flexibility index (Phi) is 12.2. The van der Waals surface area contributed by atoms with Crippen LogP contribution in [0.2, 0.25) is 0 Å². The summed E-state index contributed by atoms with van der Waals surface area (Å²) in [4.78, 5) is 13.9. The van der Waals surface area contributed by atoms with E-state index in [1.807, 2.05) is 48.5 Å². The maximum absolute atomic E-state index is 11.6. The van der Waals surface area contributed by atoms with Crippen molar-refractivity contribution in [2.45, 2.75) is 83.5 Å². The van der Waals surface area contributed by atoms with E-state index in [0.717, 1.165) is 59.5 Å². The molecule has 0 spiro atoms. The van der Waals surface area contributed by atoms with Crippen molar-refractivity contribution in [2.24, 2.45) is 0 Å². The summed E-state index contributed by atoms with van der Waals surface area (Å²) in [6.45, 7) is 10.0. The number of aldehydes is 1. The van der Waals surface area contributed by atoms with Gasteiger partial charge in [-0.25, -0.2) is 8.42 Å². The highest BCUT2D eigenvalue weighted by Crippen LogP contribution is 2.48. The van der Waals surface area contributed by atoms with Crippen LogP contribution in [0.4, 0.5) is 11.4 Å². The molecule has 2 heterocycles. The maximum Gasteiger partial charge on any atom is 0.264 e. The van der Waals surface area contributed by atoms with Crippen LogP contribution >= 0.6 is 0 Å². The van der Waals surface area contributed by atoms with Crippen LogP contribution in [-0.4, -0.2) is 67.1 Å². The molecule has 0 radical (unpaired) electrons. The average Bonchev–Trinajstić information content (AvgIpc) is 3.50. The summed E-state index contributed by atoms with van der Waals surface area (Å²) in [5, 5.41) is 0. The molecule has 0 saturated carbocycles. The van der Waals surface area contributed by atoms with Gasteiger partial charge in [0.2, 0.25) is 5.69 Å². The number of allylic oxidation sites excluding steroid dienone is 8. The molecule has 296 valence electrons. The number of para-hydroxylation sites is 2. The van der Waals surface area contributed by atoms with Gasteiger partial charge in [-0.15, -0.1) is 0 Å². The van der Waals surface area contributed by atoms with E-state index in [1.54, 1.807) is 0 Å². The molecule has 11 heteroatoms. The zero-order valence-electron chi connectivity index (χ0n) is 32.7. The molecule has 0 saturated heterocycles. The van der Waals surface area contributed by atoms with E-state index in [4.69, 9.17) is 0 Å². The summed E-state index contributed by atoms with van der Waals surface area (Å²) in [6, 6.07) is 24.3. The minimum absolute atomic E-state index is 0.270. The second-order valence-corrected chi connectivity index (χ2v) is 19.1. The molecule has 2 aliphatic heterocycles. The van der Waals surface area contributed by atoms with Gasteiger partial charge in [-0.1, -0.05) is 86.7 Å². The molecule has 3 aromatic carbocycles. The Bertz CT molecular complexity index is 2370. The van der Waals surface area contributed by atoms with E-state index in [2.05, 4.69) is 85.7 Å². The molecule has 56 heavy (non-hydrogen) atoms. The van der Waals surface area contributed by atoms with Gasteiger partial charge in [0.15, 0.2) is 5.71 Å². The third kappa shape index (κ3) is 9.07. The number of nitrogens with zero attached hydrogens (tertiary/aromatic N) is 2. The van der Waals surface area contributed by atoms with E-state index in [0.29, 0.717) is 44.3 Å². The number of benzene rings is 3. The molecule has 0 aromatic heterocycles. The molecule has 0 unspecified atom stereocenters. The topological polar surface area (TPSA) is 135 Å². The Balaban J connectivity index is 1.42. The Labute approximate surface area is 332 Å². The normalized spacial score (nSPS) is 19.4. The Hall–Kier alpha value is -4.42. The summed E-state index contributed by atoms with van der Waals surface area (Å²) in [7, 11) is -8.32. The predicted octanol–water partition coefficient (Wildman–Crippen LogP) is 8.67. The first-order valence-electron chi connectivity index (χ1n) is 19.4. The number of hydrogen-bond donors (Lipinski definition) is 1. The van der Waals surface area contributed by atoms with Gasteiger partial charge in [0.05, 0.1) is 21.3 Å². The predicted molar refractivity (Wildman–Crippen MR) is 223 cm³/mol. The maximum atomic E-state index is 11.6. The highest BCUT2D eigenvalue weighted by atomic mass is 32.2. The molecule has 0 bridgehead atoms. The molecule has 0 fully saturated rings. The number of anilines is 1. The third-order valence-electron chi connectivity index (χ3n) is 11.4. The summed E-state index contributed by atoms with van der Waals surface area (Å²) in [6.07, 6.45) is 14.2. The fourth-order valence-electron chi connectivity index (χ4n) is 8.58. The van der Waals surface area contributed by atoms with Gasteiger partial charge in [-0.3, -0.25) is 9.35 Å². The zero-order valence-corrected chi connectivity index (χ0v) is 34.3. The van der Waals surface area contributed by atoms with Crippen molar-refractivity contribution in [2.75, 3.05) is 29.5 Å². The number of carbonyl (C=O) groups excluding carboxylic acids is 1. The lowest BCUT2D eigenvalue weighted by Crippen LogP contribution is -2.28. The first-order valence-corrected chi connectivity index (χ1v) is 22.6. The summed E-state index contributed by atoms with van der Waals surface area (Å²) < 4.78 is 68.5. The van der Waals surface area contributed by atoms with E-state index in [9.17, 15) is 30.7 Å². The lowest BCUT2D eigenvalue weighted by Gasteiger charge is -2.28. The Morgan fingerprint density at radius 2 is 1.46 bits per heavy atom. The van der Waals surface area contributed by atoms with Crippen LogP contribution in [0.1, 0.15) is 99.7 Å². The number of carbonyl (C=O) groups is 1. The van der Waals surface area contributed by atoms with Crippen molar-refractivity contribution in [3.8, 4) is 0 Å². The van der Waals surface area contributed by atoms with Crippen LogP contribution in [-0.2, 0) is 31.1 Å². The van der Waals surface area contributed by atoms with Crippen molar-refractivity contribution in [3.05, 3.63) is 136 Å². The van der Waals surface area contributed by atoms with Crippen LogP contribution in [0.15, 0.2) is 114 Å². The van der Waals surface area contributed by atoms with E-state index >= 15 is 0 Å². The van der Waals surface area contributed by atoms with E-state index in [1.165, 1.54) is 22.3 Å². The van der Waals surface area contributed by atoms with Gasteiger partial charge in [-0.05, 0) is 92.4 Å². The molecule has 0 atom stereocenters. The van der Waals surface area contributed by atoms with Gasteiger partial charge in [0.1, 0.15) is 12.8 Å². The quantitative estimate of drug-likeness (QED) is 0.0699. The lowest BCUT2D eigenvalue weighted by atomic mass is 9.79. The average molecular weight is 797 g/mol. The van der Waals surface area contributed by atoms with E-state index in [-0.39, 0.29) is 22.3 Å². The molecule has 6 rings (SSSR count). The van der Waals surface area contributed by atoms with Gasteiger partial charge >= 0.3 is 0 Å². The van der Waals surface area contributed by atoms with Gasteiger partial charge < -0.3 is 9.45 Å². The van der Waals surface area contributed by atoms with Gasteiger partial charge in [0, 0.05) is 58.8 Å². The highest BCUT2D eigenvalue weighted by molar-refractivity contribution is 7.85. The standard InChI is InChI=1S/C45H52N2O7S2/c1-44(2)37-16-5-7-18-39(37)46(28-9-11-30-55(49,50)51)41(44)26-24-34-14-13-15-35(43(34)36-22-20-33(32-48)21-23-36)25-27-42-45(3,4)38-17-6-8-19-40(38)47(42)29-10-12-31-56(52,53)54/h5-8,16-27,32H,9-15,28-31H2,1-4H3,(H-,49,50,51,52,53,54). The van der Waals surface area contributed by atoms with Crippen LogP contribution in [0.3, 0.4) is 0 Å². The first-order chi connectivity index (χ1) is 26.5. The monoisotopic (exact) mass is 796 g/mol. The van der Waals surface area contributed by atoms with Gasteiger partial charge in [-0.2, -0.15) is 13.0 Å². The third-order valence-corrected chi connectivity index (χ3v) is 13.0. The van der Waals surface area contributed by atoms with E-state index < -0.39 is 20.2 Å². The van der Waals surface area contributed by atoms with Crippen LogP contribution < -0.4 is 4.90 Å². The van der Waals surface area contributed by atoms with Gasteiger partial charge in [0.25, 0.3) is 10.1 Å². The molecule has 1 aliphatic carbocycles. The number of fused-ring (bicyclic) bond motifs is 2. The first kappa shape index (κ1) is 41.2. The molecular formula is C45H52N2O7S2. The largest absolute Gasteiger partial charge is 0.748 e. The van der Waals surface area contributed by atoms with Crippen LogP contribution in [0.25, 0.3) is 5.57 Å². The second kappa shape index (κ2) is 16.6. The number of hydrogen-bond acceptors (Lipinski definition) is 7. The van der Waals surface area contributed by atoms with Crippen molar-refractivity contribution >= 4 is 49.2 Å². The molecule has 9 nitrogen and oxygen atoms in total. The minimum Gasteiger partial charge on any atom is -0.748 e. The smallest absolute Gasteiger partial charge is 0.264 e. The van der Waals surface area contributed by atoms with Crippen LogP contribution in [0.5, 0.6) is 0 Å². The van der Waals surface area contributed by atoms with Crippen molar-refractivity contribution in [3.63, 3.8) is 0 Å². The Morgan fingerprint density at radius 3 is 2.16 bits per heavy atom. The highest BCUT2D eigenvalue weighted by Gasteiger charge is 2.44. The molecule has 1 N–H and O–H groups in total. The molecular weight excluding hydrogens is 745 g/mol. The van der Waals surface area contributed by atoms with Crippen molar-refractivity contribution in [1.82, 2.24) is 0 Å². The number of unbranched alkanes of at least 4 members (excludes halogenated alkanes) is 2. The zero-order chi connectivity index (χ0) is 40.3. The molecule has 3 aliphatic rings. The number of rotatable bonds is 15. The summed E-state index contributed by atoms with van der Waals surface area (Å²) >= 11 is 0. The van der Waals surface area contributed by atoms with Crippen molar-refractivity contribution in [1.29, 1.82) is 0 Å².